The van der Waals surface area contributed by atoms with Crippen molar-refractivity contribution < 1.29 is 9.90 Å². The van der Waals surface area contributed by atoms with Gasteiger partial charge in [0.2, 0.25) is 0 Å². The number of carboxylic acids is 1. The van der Waals surface area contributed by atoms with E-state index >= 15 is 0 Å². The van der Waals surface area contributed by atoms with Crippen molar-refractivity contribution in [2.45, 2.75) is 6.54 Å². The minimum atomic E-state index is -0.942. The Kier molecular flexibility index (Phi) is 4.71. The van der Waals surface area contributed by atoms with E-state index in [0.29, 0.717) is 13.1 Å². The molecular formula is C12H14BrNO2. The monoisotopic (exact) mass is 283 g/mol. The molecular weight excluding hydrogens is 270 g/mol. The van der Waals surface area contributed by atoms with Crippen LogP contribution >= 0.6 is 15.9 Å². The zero-order valence-corrected chi connectivity index (χ0v) is 10.7. The summed E-state index contributed by atoms with van der Waals surface area (Å²) in [6.07, 6.45) is 0. The third-order valence-electron chi connectivity index (χ3n) is 2.13. The van der Waals surface area contributed by atoms with Crippen molar-refractivity contribution >= 4 is 21.9 Å². The molecule has 0 radical (unpaired) electrons. The molecule has 3 nitrogen and oxygen atoms in total. The molecule has 0 aliphatic rings. The zero-order chi connectivity index (χ0) is 12.1. The highest BCUT2D eigenvalue weighted by Crippen LogP contribution is 2.12. The Hall–Kier alpha value is -1.13. The molecule has 1 aromatic carbocycles. The zero-order valence-electron chi connectivity index (χ0n) is 9.11. The molecule has 0 unspecified atom stereocenters. The lowest BCUT2D eigenvalue weighted by Gasteiger charge is -2.16. The van der Waals surface area contributed by atoms with E-state index < -0.39 is 5.97 Å². The van der Waals surface area contributed by atoms with Gasteiger partial charge in [-0.1, -0.05) is 34.6 Å². The SMILES string of the molecule is C=C(CN(C)Cc1ccc(Br)cc1)C(=O)O. The maximum Gasteiger partial charge on any atom is 0.332 e. The Labute approximate surface area is 104 Å². The molecule has 0 saturated carbocycles. The summed E-state index contributed by atoms with van der Waals surface area (Å²) >= 11 is 3.37. The summed E-state index contributed by atoms with van der Waals surface area (Å²) in [6, 6.07) is 7.94. The van der Waals surface area contributed by atoms with Gasteiger partial charge in [0.1, 0.15) is 0 Å². The molecule has 0 bridgehead atoms. The minimum Gasteiger partial charge on any atom is -0.478 e. The second-order valence-electron chi connectivity index (χ2n) is 3.71. The molecule has 0 heterocycles. The van der Waals surface area contributed by atoms with Crippen LogP contribution in [0.1, 0.15) is 5.56 Å². The second-order valence-corrected chi connectivity index (χ2v) is 4.62. The Bertz CT molecular complexity index is 387. The quantitative estimate of drug-likeness (QED) is 0.845. The summed E-state index contributed by atoms with van der Waals surface area (Å²) in [6.45, 7) is 4.58. The summed E-state index contributed by atoms with van der Waals surface area (Å²) in [4.78, 5) is 12.5. The average molecular weight is 284 g/mol. The lowest BCUT2D eigenvalue weighted by molar-refractivity contribution is -0.132. The van der Waals surface area contributed by atoms with E-state index in [2.05, 4.69) is 22.5 Å². The topological polar surface area (TPSA) is 40.5 Å². The number of benzene rings is 1. The van der Waals surface area contributed by atoms with Crippen molar-refractivity contribution in [1.82, 2.24) is 4.90 Å². The van der Waals surface area contributed by atoms with Crippen molar-refractivity contribution in [3.05, 3.63) is 46.5 Å². The standard InChI is InChI=1S/C12H14BrNO2/c1-9(12(15)16)7-14(2)8-10-3-5-11(13)6-4-10/h3-6H,1,7-8H2,2H3,(H,15,16). The van der Waals surface area contributed by atoms with E-state index in [-0.39, 0.29) is 5.57 Å². The number of carboxylic acid groups (broad SMARTS) is 1. The molecule has 86 valence electrons. The van der Waals surface area contributed by atoms with Crippen LogP contribution in [0.4, 0.5) is 0 Å². The van der Waals surface area contributed by atoms with Gasteiger partial charge in [-0.3, -0.25) is 4.90 Å². The smallest absolute Gasteiger partial charge is 0.332 e. The van der Waals surface area contributed by atoms with E-state index in [1.54, 1.807) is 0 Å². The van der Waals surface area contributed by atoms with Crippen molar-refractivity contribution in [2.24, 2.45) is 0 Å². The van der Waals surface area contributed by atoms with Gasteiger partial charge < -0.3 is 5.11 Å². The Morgan fingerprint density at radius 2 is 2.00 bits per heavy atom. The molecule has 4 heteroatoms. The Morgan fingerprint density at radius 3 is 2.50 bits per heavy atom. The first-order chi connectivity index (χ1) is 7.49. The van der Waals surface area contributed by atoms with Crippen molar-refractivity contribution in [3.63, 3.8) is 0 Å². The predicted molar refractivity (Wildman–Crippen MR) is 67.3 cm³/mol. The molecule has 0 aliphatic heterocycles. The molecule has 0 aromatic heterocycles. The Balaban J connectivity index is 2.51. The van der Waals surface area contributed by atoms with Crippen LogP contribution in [0.2, 0.25) is 0 Å². The number of aliphatic carboxylic acids is 1. The number of likely N-dealkylation sites (N-methyl/N-ethyl adjacent to an activating group) is 1. The van der Waals surface area contributed by atoms with Crippen LogP contribution in [0.25, 0.3) is 0 Å². The maximum absolute atomic E-state index is 10.6. The summed E-state index contributed by atoms with van der Waals surface area (Å²) in [5, 5.41) is 8.70. The van der Waals surface area contributed by atoms with Crippen LogP contribution < -0.4 is 0 Å². The van der Waals surface area contributed by atoms with Gasteiger partial charge in [0.15, 0.2) is 0 Å². The van der Waals surface area contributed by atoms with Crippen molar-refractivity contribution in [1.29, 1.82) is 0 Å². The molecule has 0 fully saturated rings. The van der Waals surface area contributed by atoms with Crippen LogP contribution in [0.5, 0.6) is 0 Å². The average Bonchev–Trinajstić information content (AvgIpc) is 2.21. The first kappa shape index (κ1) is 12.9. The third-order valence-corrected chi connectivity index (χ3v) is 2.66. The fourth-order valence-corrected chi connectivity index (χ4v) is 1.62. The number of nitrogens with zero attached hydrogens (tertiary/aromatic N) is 1. The van der Waals surface area contributed by atoms with Crippen molar-refractivity contribution in [3.8, 4) is 0 Å². The van der Waals surface area contributed by atoms with Gasteiger partial charge in [0.05, 0.1) is 0 Å². The number of hydrogen-bond acceptors (Lipinski definition) is 2. The summed E-state index contributed by atoms with van der Waals surface area (Å²) < 4.78 is 1.04. The Morgan fingerprint density at radius 1 is 1.44 bits per heavy atom. The summed E-state index contributed by atoms with van der Waals surface area (Å²) in [5.74, 6) is -0.942. The fraction of sp³-hybridized carbons (Fsp3) is 0.250. The largest absolute Gasteiger partial charge is 0.478 e. The summed E-state index contributed by atoms with van der Waals surface area (Å²) in [5.41, 5.74) is 1.35. The molecule has 0 atom stereocenters. The van der Waals surface area contributed by atoms with E-state index in [9.17, 15) is 4.79 Å². The van der Waals surface area contributed by atoms with Crippen LogP contribution in [0.15, 0.2) is 40.9 Å². The molecule has 1 aromatic rings. The van der Waals surface area contributed by atoms with Gasteiger partial charge in [0, 0.05) is 23.1 Å². The normalized spacial score (nSPS) is 10.4. The van der Waals surface area contributed by atoms with E-state index in [1.807, 2.05) is 36.2 Å². The predicted octanol–water partition coefficient (Wildman–Crippen LogP) is 2.52. The maximum atomic E-state index is 10.6. The highest BCUT2D eigenvalue weighted by Gasteiger charge is 2.07. The van der Waals surface area contributed by atoms with Gasteiger partial charge >= 0.3 is 5.97 Å². The second kappa shape index (κ2) is 5.82. The first-order valence-electron chi connectivity index (χ1n) is 4.83. The van der Waals surface area contributed by atoms with Gasteiger partial charge in [-0.05, 0) is 24.7 Å². The number of hydrogen-bond donors (Lipinski definition) is 1. The van der Waals surface area contributed by atoms with Gasteiger partial charge in [-0.2, -0.15) is 0 Å². The third kappa shape index (κ3) is 4.16. The fourth-order valence-electron chi connectivity index (χ4n) is 1.35. The van der Waals surface area contributed by atoms with E-state index in [4.69, 9.17) is 5.11 Å². The highest BCUT2D eigenvalue weighted by molar-refractivity contribution is 9.10. The van der Waals surface area contributed by atoms with Gasteiger partial charge in [-0.15, -0.1) is 0 Å². The lowest BCUT2D eigenvalue weighted by Crippen LogP contribution is -2.23. The van der Waals surface area contributed by atoms with Crippen LogP contribution in [-0.2, 0) is 11.3 Å². The van der Waals surface area contributed by atoms with Crippen LogP contribution in [0, 0.1) is 0 Å². The highest BCUT2D eigenvalue weighted by atomic mass is 79.9. The number of carbonyl (C=O) groups is 1. The lowest BCUT2D eigenvalue weighted by atomic mass is 10.2. The van der Waals surface area contributed by atoms with E-state index in [0.717, 1.165) is 10.0 Å². The van der Waals surface area contributed by atoms with Crippen molar-refractivity contribution in [2.75, 3.05) is 13.6 Å². The molecule has 0 saturated heterocycles. The van der Waals surface area contributed by atoms with Gasteiger partial charge in [0.25, 0.3) is 0 Å². The molecule has 1 rings (SSSR count). The van der Waals surface area contributed by atoms with Crippen LogP contribution in [0.3, 0.4) is 0 Å². The molecule has 0 amide bonds. The summed E-state index contributed by atoms with van der Waals surface area (Å²) in [7, 11) is 1.87. The molecule has 1 N–H and O–H groups in total. The number of halogens is 1. The van der Waals surface area contributed by atoms with Gasteiger partial charge in [-0.25, -0.2) is 4.79 Å². The number of rotatable bonds is 5. The van der Waals surface area contributed by atoms with E-state index in [1.165, 1.54) is 0 Å². The first-order valence-corrected chi connectivity index (χ1v) is 5.62. The molecule has 16 heavy (non-hydrogen) atoms. The minimum absolute atomic E-state index is 0.208. The molecule has 0 aliphatic carbocycles. The van der Waals surface area contributed by atoms with Crippen LogP contribution in [-0.4, -0.2) is 29.6 Å². The molecule has 0 spiro atoms.